The lowest BCUT2D eigenvalue weighted by atomic mass is 9.38. The van der Waals surface area contributed by atoms with Crippen LogP contribution in [0.1, 0.15) is 39.0 Å². The van der Waals surface area contributed by atoms with E-state index in [1.165, 1.54) is 0 Å². The number of hydrogen-bond acceptors (Lipinski definition) is 5. The molecule has 7 bridgehead atoms. The average molecular weight is 361 g/mol. The van der Waals surface area contributed by atoms with Crippen molar-refractivity contribution in [2.45, 2.75) is 69.0 Å². The Morgan fingerprint density at radius 2 is 1.81 bits per heavy atom. The molecule has 0 aromatic heterocycles. The van der Waals surface area contributed by atoms with Crippen molar-refractivity contribution in [1.82, 2.24) is 4.90 Å². The molecule has 8 fully saturated rings. The number of nitrogens with zero attached hydrogens (tertiary/aromatic N) is 1. The summed E-state index contributed by atoms with van der Waals surface area (Å²) in [6, 6.07) is 0.357. The molecule has 12 unspecified atom stereocenters. The molecule has 3 N–H and O–H groups in total. The standard InChI is InChI=1S/C21H31NO4/c1-18-4-3-15(24)21-13(18)6-11(16(21)22(2)8-18)19-7-12(23)10(5-14(19)21)20(9-26-20)17(19)25/h10-17,23-25H,3-9H2,1-2H3. The fourth-order valence-corrected chi connectivity index (χ4v) is 10.6. The van der Waals surface area contributed by atoms with E-state index in [4.69, 9.17) is 4.74 Å². The first-order chi connectivity index (χ1) is 12.3. The Bertz CT molecular complexity index is 710. The summed E-state index contributed by atoms with van der Waals surface area (Å²) in [4.78, 5) is 2.54. The lowest BCUT2D eigenvalue weighted by Crippen LogP contribution is -2.73. The van der Waals surface area contributed by atoms with Gasteiger partial charge in [-0.15, -0.1) is 0 Å². The molecule has 8 aliphatic rings. The number of ether oxygens (including phenoxy) is 1. The van der Waals surface area contributed by atoms with Gasteiger partial charge in [0.1, 0.15) is 5.60 Å². The van der Waals surface area contributed by atoms with Gasteiger partial charge in [-0.2, -0.15) is 0 Å². The number of rotatable bonds is 0. The minimum Gasteiger partial charge on any atom is -0.393 e. The predicted octanol–water partition coefficient (Wildman–Crippen LogP) is 0.614. The normalized spacial score (nSPS) is 72.8. The van der Waals surface area contributed by atoms with Crippen molar-refractivity contribution in [3.05, 3.63) is 0 Å². The summed E-state index contributed by atoms with van der Waals surface area (Å²) in [6.07, 6.45) is 3.69. The van der Waals surface area contributed by atoms with Gasteiger partial charge in [-0.05, 0) is 62.3 Å². The molecule has 0 amide bonds. The molecule has 6 aliphatic carbocycles. The third kappa shape index (κ3) is 1.22. The lowest BCUT2D eigenvalue weighted by molar-refractivity contribution is -0.271. The fraction of sp³-hybridized carbons (Fsp3) is 1.00. The maximum Gasteiger partial charge on any atom is 0.123 e. The van der Waals surface area contributed by atoms with Crippen molar-refractivity contribution in [1.29, 1.82) is 0 Å². The maximum absolute atomic E-state index is 11.6. The van der Waals surface area contributed by atoms with E-state index >= 15 is 0 Å². The Morgan fingerprint density at radius 1 is 1.08 bits per heavy atom. The molecule has 5 nitrogen and oxygen atoms in total. The summed E-state index contributed by atoms with van der Waals surface area (Å²) in [6.45, 7) is 4.16. The quantitative estimate of drug-likeness (QED) is 0.552. The van der Waals surface area contributed by atoms with Crippen LogP contribution in [0.25, 0.3) is 0 Å². The summed E-state index contributed by atoms with van der Waals surface area (Å²) >= 11 is 0. The van der Waals surface area contributed by atoms with Gasteiger partial charge in [0.05, 0.1) is 24.9 Å². The summed E-state index contributed by atoms with van der Waals surface area (Å²) < 4.78 is 5.86. The van der Waals surface area contributed by atoms with E-state index in [1.54, 1.807) is 0 Å². The van der Waals surface area contributed by atoms with Crippen molar-refractivity contribution < 1.29 is 20.1 Å². The monoisotopic (exact) mass is 361 g/mol. The van der Waals surface area contributed by atoms with Gasteiger partial charge in [-0.25, -0.2) is 0 Å². The van der Waals surface area contributed by atoms with E-state index in [2.05, 4.69) is 18.9 Å². The van der Waals surface area contributed by atoms with E-state index in [9.17, 15) is 15.3 Å². The van der Waals surface area contributed by atoms with Gasteiger partial charge in [-0.1, -0.05) is 6.92 Å². The number of fused-ring (bicyclic) bond motifs is 1. The number of aliphatic hydroxyl groups excluding tert-OH is 3. The van der Waals surface area contributed by atoms with Crippen LogP contribution in [0.5, 0.6) is 0 Å². The molecule has 0 aromatic carbocycles. The minimum absolute atomic E-state index is 0.0458. The summed E-state index contributed by atoms with van der Waals surface area (Å²) in [5.41, 5.74) is -0.538. The summed E-state index contributed by atoms with van der Waals surface area (Å²) in [7, 11) is 2.25. The van der Waals surface area contributed by atoms with Crippen LogP contribution in [0.4, 0.5) is 0 Å². The largest absolute Gasteiger partial charge is 0.393 e. The first-order valence-electron chi connectivity index (χ1n) is 10.7. The zero-order chi connectivity index (χ0) is 17.9. The van der Waals surface area contributed by atoms with Crippen LogP contribution in [0.2, 0.25) is 0 Å². The Hall–Kier alpha value is -0.200. The average Bonchev–Trinajstić information content (AvgIpc) is 3.24. The Balaban J connectivity index is 1.48. The number of piperidine rings is 1. The van der Waals surface area contributed by atoms with E-state index < -0.39 is 11.7 Å². The Morgan fingerprint density at radius 3 is 2.54 bits per heavy atom. The molecule has 2 heterocycles. The molecule has 3 spiro atoms. The van der Waals surface area contributed by atoms with E-state index in [0.29, 0.717) is 36.8 Å². The maximum atomic E-state index is 11.6. The molecule has 2 saturated heterocycles. The first kappa shape index (κ1) is 15.7. The Labute approximate surface area is 154 Å². The zero-order valence-corrected chi connectivity index (χ0v) is 15.8. The molecule has 6 saturated carbocycles. The second-order valence-corrected chi connectivity index (χ2v) is 11.4. The first-order valence-corrected chi connectivity index (χ1v) is 10.7. The van der Waals surface area contributed by atoms with Gasteiger partial charge < -0.3 is 25.0 Å². The van der Waals surface area contributed by atoms with Gasteiger partial charge >= 0.3 is 0 Å². The van der Waals surface area contributed by atoms with Crippen molar-refractivity contribution >= 4 is 0 Å². The SMILES string of the molecule is CN1CC2(C)CCC(O)C34C1C(CC23)C12CC(O)C(CC14)C1(CO1)C2O. The summed E-state index contributed by atoms with van der Waals surface area (Å²) in [5, 5.41) is 34.0. The molecule has 8 rings (SSSR count). The molecule has 0 radical (unpaired) electrons. The van der Waals surface area contributed by atoms with Crippen LogP contribution in [0, 0.1) is 39.9 Å². The van der Waals surface area contributed by atoms with Gasteiger partial charge in [0.2, 0.25) is 0 Å². The molecule has 144 valence electrons. The highest BCUT2D eigenvalue weighted by molar-refractivity contribution is 5.37. The smallest absolute Gasteiger partial charge is 0.123 e. The highest BCUT2D eigenvalue weighted by Gasteiger charge is 2.88. The predicted molar refractivity (Wildman–Crippen MR) is 93.1 cm³/mol. The molecule has 2 aliphatic heterocycles. The van der Waals surface area contributed by atoms with Gasteiger partial charge in [-0.3, -0.25) is 0 Å². The third-order valence-electron chi connectivity index (χ3n) is 11.0. The number of epoxide rings is 1. The van der Waals surface area contributed by atoms with Crippen molar-refractivity contribution in [2.24, 2.45) is 39.9 Å². The fourth-order valence-electron chi connectivity index (χ4n) is 10.6. The number of likely N-dealkylation sites (tertiary alicyclic amines) is 1. The summed E-state index contributed by atoms with van der Waals surface area (Å²) in [5.74, 6) is 1.33. The van der Waals surface area contributed by atoms with Crippen LogP contribution >= 0.6 is 0 Å². The third-order valence-corrected chi connectivity index (χ3v) is 11.0. The highest BCUT2D eigenvalue weighted by Crippen LogP contribution is 2.84. The molecule has 5 heteroatoms. The molecular formula is C21H31NO4. The van der Waals surface area contributed by atoms with Crippen LogP contribution in [-0.4, -0.2) is 70.4 Å². The molecule has 0 aromatic rings. The topological polar surface area (TPSA) is 76.5 Å². The van der Waals surface area contributed by atoms with Crippen molar-refractivity contribution in [3.63, 3.8) is 0 Å². The minimum atomic E-state index is -0.481. The van der Waals surface area contributed by atoms with E-state index in [1.807, 2.05) is 0 Å². The molecule has 26 heavy (non-hydrogen) atoms. The van der Waals surface area contributed by atoms with Gasteiger partial charge in [0.15, 0.2) is 0 Å². The number of aliphatic hydroxyl groups is 3. The molecule has 12 atom stereocenters. The van der Waals surface area contributed by atoms with Gasteiger partial charge in [0, 0.05) is 29.3 Å². The van der Waals surface area contributed by atoms with E-state index in [-0.39, 0.29) is 34.4 Å². The second kappa shape index (κ2) is 4.06. The Kier molecular flexibility index (Phi) is 2.45. The zero-order valence-electron chi connectivity index (χ0n) is 15.8. The number of hydrogen-bond donors (Lipinski definition) is 3. The van der Waals surface area contributed by atoms with Gasteiger partial charge in [0.25, 0.3) is 0 Å². The van der Waals surface area contributed by atoms with Crippen LogP contribution in [0.15, 0.2) is 0 Å². The molecular weight excluding hydrogens is 330 g/mol. The van der Waals surface area contributed by atoms with Crippen LogP contribution < -0.4 is 0 Å². The lowest BCUT2D eigenvalue weighted by Gasteiger charge is -2.69. The second-order valence-electron chi connectivity index (χ2n) is 11.4. The highest BCUT2D eigenvalue weighted by atomic mass is 16.6. The van der Waals surface area contributed by atoms with Crippen molar-refractivity contribution in [3.8, 4) is 0 Å². The van der Waals surface area contributed by atoms with Crippen LogP contribution in [0.3, 0.4) is 0 Å². The van der Waals surface area contributed by atoms with Crippen LogP contribution in [-0.2, 0) is 4.74 Å². The van der Waals surface area contributed by atoms with E-state index in [0.717, 1.165) is 32.2 Å². The van der Waals surface area contributed by atoms with Crippen molar-refractivity contribution in [2.75, 3.05) is 20.2 Å².